The van der Waals surface area contributed by atoms with E-state index in [1.54, 1.807) is 0 Å². The molecule has 4 aliphatic carbocycles. The van der Waals surface area contributed by atoms with E-state index in [1.165, 1.54) is 24.8 Å². The highest BCUT2D eigenvalue weighted by atomic mass is 35.5. The number of quaternary nitrogens is 1. The molecule has 0 aliphatic heterocycles. The minimum absolute atomic E-state index is 0.0278. The number of carbonyl (C=O) groups excluding carboxylic acids is 1. The fraction of sp³-hybridized carbons (Fsp3) is 0.652. The lowest BCUT2D eigenvalue weighted by atomic mass is 9.52. The number of nitrogens with zero attached hydrogens (tertiary/aromatic N) is 2. The zero-order chi connectivity index (χ0) is 19.7. The molecule has 0 radical (unpaired) electrons. The second-order valence-corrected chi connectivity index (χ2v) is 9.81. The van der Waals surface area contributed by atoms with Crippen molar-refractivity contribution in [3.8, 4) is 6.07 Å². The van der Waals surface area contributed by atoms with Gasteiger partial charge in [-0.3, -0.25) is 4.79 Å². The van der Waals surface area contributed by atoms with E-state index in [0.29, 0.717) is 19.5 Å². The van der Waals surface area contributed by atoms with Crippen molar-refractivity contribution in [2.75, 3.05) is 13.1 Å². The molecule has 0 saturated heterocycles. The van der Waals surface area contributed by atoms with E-state index >= 15 is 0 Å². The van der Waals surface area contributed by atoms with Crippen LogP contribution in [0.4, 0.5) is 0 Å². The first kappa shape index (κ1) is 19.7. The van der Waals surface area contributed by atoms with Crippen LogP contribution in [0.15, 0.2) is 24.3 Å². The normalized spacial score (nSPS) is 31.4. The molecule has 4 aliphatic rings. The van der Waals surface area contributed by atoms with Gasteiger partial charge in [-0.25, -0.2) is 0 Å². The van der Waals surface area contributed by atoms with Crippen LogP contribution in [0, 0.1) is 29.1 Å². The third-order valence-corrected chi connectivity index (χ3v) is 7.62. The van der Waals surface area contributed by atoms with Crippen LogP contribution >= 0.6 is 11.6 Å². The van der Waals surface area contributed by atoms with Gasteiger partial charge in [-0.2, -0.15) is 5.26 Å². The Labute approximate surface area is 173 Å². The van der Waals surface area contributed by atoms with Crippen molar-refractivity contribution in [3.05, 3.63) is 34.9 Å². The number of hydrogen-bond donors (Lipinski definition) is 1. The number of nitrogens with two attached hydrogens (primary N) is 1. The molecule has 0 heterocycles. The maximum Gasteiger partial charge on any atom is 0.278 e. The molecule has 1 aromatic carbocycles. The highest BCUT2D eigenvalue weighted by Crippen LogP contribution is 2.57. The van der Waals surface area contributed by atoms with Gasteiger partial charge in [0.15, 0.2) is 6.54 Å². The Morgan fingerprint density at radius 2 is 1.79 bits per heavy atom. The summed E-state index contributed by atoms with van der Waals surface area (Å²) in [5.41, 5.74) is 1.20. The number of carbonyl (C=O) groups is 1. The van der Waals surface area contributed by atoms with E-state index in [-0.39, 0.29) is 17.5 Å². The molecule has 1 amide bonds. The SMILES string of the molecule is C[C@@H]([NH2+]CC(=O)N(CCC#N)C12CC3CC(CC(C3)C1)C2)c1ccc(Cl)cc1. The number of rotatable bonds is 7. The topological polar surface area (TPSA) is 60.7 Å². The summed E-state index contributed by atoms with van der Waals surface area (Å²) in [4.78, 5) is 15.4. The van der Waals surface area contributed by atoms with Crippen molar-refractivity contribution in [2.24, 2.45) is 17.8 Å². The van der Waals surface area contributed by atoms with Gasteiger partial charge in [-0.05, 0) is 75.3 Å². The third kappa shape index (κ3) is 3.93. The average Bonchev–Trinajstić information content (AvgIpc) is 2.65. The van der Waals surface area contributed by atoms with Crippen LogP contribution in [0.1, 0.15) is 63.5 Å². The maximum atomic E-state index is 13.3. The largest absolute Gasteiger partial charge is 0.333 e. The molecule has 4 fully saturated rings. The highest BCUT2D eigenvalue weighted by molar-refractivity contribution is 6.30. The molecule has 1 aromatic rings. The Bertz CT molecular complexity index is 719. The lowest BCUT2D eigenvalue weighted by molar-refractivity contribution is -0.683. The summed E-state index contributed by atoms with van der Waals surface area (Å²) in [5, 5.41) is 12.0. The maximum absolute atomic E-state index is 13.3. The smallest absolute Gasteiger partial charge is 0.278 e. The van der Waals surface area contributed by atoms with Crippen molar-refractivity contribution in [2.45, 2.75) is 63.5 Å². The first-order chi connectivity index (χ1) is 13.5. The fourth-order valence-electron chi connectivity index (χ4n) is 6.47. The average molecular weight is 401 g/mol. The number of halogens is 1. The summed E-state index contributed by atoms with van der Waals surface area (Å²) in [7, 11) is 0. The van der Waals surface area contributed by atoms with Crippen molar-refractivity contribution >= 4 is 17.5 Å². The van der Waals surface area contributed by atoms with E-state index in [1.807, 2.05) is 24.3 Å². The Morgan fingerprint density at radius 3 is 2.32 bits per heavy atom. The first-order valence-electron chi connectivity index (χ1n) is 10.8. The monoisotopic (exact) mass is 400 g/mol. The standard InChI is InChI=1S/C23H30ClN3O/c1-16(20-3-5-21(24)6-4-20)26-15-22(28)27(8-2-7-25)23-12-17-9-18(13-23)11-19(10-17)14-23/h3-6,16-19,26H,2,8-15H2,1H3/p+1/t16-,17?,18?,19?,23?/m1/s1. The molecule has 4 nitrogen and oxygen atoms in total. The Balaban J connectivity index is 1.44. The first-order valence-corrected chi connectivity index (χ1v) is 11.1. The molecule has 1 atom stereocenters. The molecule has 0 spiro atoms. The van der Waals surface area contributed by atoms with Crippen LogP contribution in [-0.2, 0) is 4.79 Å². The Hall–Kier alpha value is -1.57. The van der Waals surface area contributed by atoms with Gasteiger partial charge >= 0.3 is 0 Å². The molecule has 5 heteroatoms. The lowest BCUT2D eigenvalue weighted by Gasteiger charge is -2.60. The molecular weight excluding hydrogens is 370 g/mol. The second-order valence-electron chi connectivity index (χ2n) is 9.38. The highest BCUT2D eigenvalue weighted by Gasteiger charge is 2.54. The van der Waals surface area contributed by atoms with Crippen molar-refractivity contribution in [3.63, 3.8) is 0 Å². The molecule has 150 valence electrons. The molecule has 4 saturated carbocycles. The summed E-state index contributed by atoms with van der Waals surface area (Å²) in [6.45, 7) is 3.16. The van der Waals surface area contributed by atoms with Gasteiger partial charge in [0.25, 0.3) is 5.91 Å². The van der Waals surface area contributed by atoms with Gasteiger partial charge in [0, 0.05) is 22.7 Å². The number of amides is 1. The summed E-state index contributed by atoms with van der Waals surface area (Å²) < 4.78 is 0. The molecule has 0 aromatic heterocycles. The Kier molecular flexibility index (Phi) is 5.67. The summed E-state index contributed by atoms with van der Waals surface area (Å²) in [6, 6.07) is 10.3. The van der Waals surface area contributed by atoms with Crippen LogP contribution in [0.2, 0.25) is 5.02 Å². The summed E-state index contributed by atoms with van der Waals surface area (Å²) in [5.74, 6) is 2.58. The van der Waals surface area contributed by atoms with E-state index in [0.717, 1.165) is 42.0 Å². The third-order valence-electron chi connectivity index (χ3n) is 7.37. The van der Waals surface area contributed by atoms with Crippen molar-refractivity contribution < 1.29 is 10.1 Å². The predicted molar refractivity (Wildman–Crippen MR) is 110 cm³/mol. The predicted octanol–water partition coefficient (Wildman–Crippen LogP) is 3.68. The van der Waals surface area contributed by atoms with Gasteiger partial charge in [0.1, 0.15) is 6.04 Å². The second kappa shape index (κ2) is 8.05. The van der Waals surface area contributed by atoms with E-state index in [2.05, 4.69) is 23.2 Å². The van der Waals surface area contributed by atoms with Gasteiger partial charge in [-0.1, -0.05) is 23.7 Å². The Morgan fingerprint density at radius 1 is 1.21 bits per heavy atom. The van der Waals surface area contributed by atoms with Gasteiger partial charge in [0.05, 0.1) is 12.5 Å². The van der Waals surface area contributed by atoms with E-state index in [9.17, 15) is 4.79 Å². The van der Waals surface area contributed by atoms with Gasteiger partial charge in [0.2, 0.25) is 0 Å². The summed E-state index contributed by atoms with van der Waals surface area (Å²) in [6.07, 6.45) is 7.98. The van der Waals surface area contributed by atoms with Gasteiger partial charge in [-0.15, -0.1) is 0 Å². The molecular formula is C23H31ClN3O+. The molecule has 2 N–H and O–H groups in total. The summed E-state index contributed by atoms with van der Waals surface area (Å²) >= 11 is 5.99. The van der Waals surface area contributed by atoms with Crippen molar-refractivity contribution in [1.82, 2.24) is 4.90 Å². The number of benzene rings is 1. The van der Waals surface area contributed by atoms with E-state index in [4.69, 9.17) is 16.9 Å². The number of nitriles is 1. The zero-order valence-electron chi connectivity index (χ0n) is 16.7. The van der Waals surface area contributed by atoms with Crippen molar-refractivity contribution in [1.29, 1.82) is 5.26 Å². The molecule has 0 unspecified atom stereocenters. The van der Waals surface area contributed by atoms with Crippen LogP contribution < -0.4 is 5.32 Å². The minimum Gasteiger partial charge on any atom is -0.333 e. The molecule has 5 rings (SSSR count). The minimum atomic E-state index is 0.0278. The molecule has 28 heavy (non-hydrogen) atoms. The molecule has 4 bridgehead atoms. The van der Waals surface area contributed by atoms with Crippen LogP contribution in [0.3, 0.4) is 0 Å². The quantitative estimate of drug-likeness (QED) is 0.758. The number of hydrogen-bond acceptors (Lipinski definition) is 2. The zero-order valence-corrected chi connectivity index (χ0v) is 17.5. The van der Waals surface area contributed by atoms with Gasteiger partial charge < -0.3 is 10.2 Å². The van der Waals surface area contributed by atoms with Crippen LogP contribution in [0.25, 0.3) is 0 Å². The lowest BCUT2D eigenvalue weighted by Crippen LogP contribution is -2.87. The van der Waals surface area contributed by atoms with Crippen LogP contribution in [-0.4, -0.2) is 29.4 Å². The van der Waals surface area contributed by atoms with Crippen LogP contribution in [0.5, 0.6) is 0 Å². The fourth-order valence-corrected chi connectivity index (χ4v) is 6.60. The van der Waals surface area contributed by atoms with E-state index < -0.39 is 0 Å².